The van der Waals surface area contributed by atoms with Crippen molar-refractivity contribution in [1.29, 1.82) is 0 Å². The first-order chi connectivity index (χ1) is 12.2. The van der Waals surface area contributed by atoms with Gasteiger partial charge in [-0.25, -0.2) is 0 Å². The molecule has 2 unspecified atom stereocenters. The number of benzene rings is 1. The number of carbonyl (C=O) groups excluding carboxylic acids is 2. The molecule has 144 valence electrons. The number of rotatable bonds is 5. The van der Waals surface area contributed by atoms with Crippen molar-refractivity contribution < 1.29 is 19.4 Å². The third kappa shape index (κ3) is 7.14. The first-order valence-electron chi connectivity index (χ1n) is 9.56. The SMILES string of the molecule is Cc1ccccc1NC(=O)C[NH+]1CCC[NH+](CC(=O)NC(C)(C)C)CC1. The van der Waals surface area contributed by atoms with Crippen LogP contribution in [-0.4, -0.2) is 56.6 Å². The van der Waals surface area contributed by atoms with Gasteiger partial charge in [0.05, 0.1) is 13.1 Å². The van der Waals surface area contributed by atoms with E-state index in [0.717, 1.165) is 43.9 Å². The number of aryl methyl sites for hydroxylation is 1. The number of hydrogen-bond acceptors (Lipinski definition) is 2. The fraction of sp³-hybridized carbons (Fsp3) is 0.600. The summed E-state index contributed by atoms with van der Waals surface area (Å²) >= 11 is 0. The second kappa shape index (κ2) is 9.14. The summed E-state index contributed by atoms with van der Waals surface area (Å²) in [7, 11) is 0. The number of para-hydroxylation sites is 1. The molecule has 0 aromatic heterocycles. The van der Waals surface area contributed by atoms with E-state index in [4.69, 9.17) is 0 Å². The summed E-state index contributed by atoms with van der Waals surface area (Å²) < 4.78 is 0. The molecule has 2 rings (SSSR count). The van der Waals surface area contributed by atoms with Gasteiger partial charge in [-0.15, -0.1) is 0 Å². The molecule has 2 amide bonds. The normalized spacial score (nSPS) is 20.9. The van der Waals surface area contributed by atoms with Gasteiger partial charge < -0.3 is 20.4 Å². The number of hydrogen-bond donors (Lipinski definition) is 4. The molecule has 0 saturated carbocycles. The molecule has 1 heterocycles. The zero-order chi connectivity index (χ0) is 19.2. The lowest BCUT2D eigenvalue weighted by molar-refractivity contribution is -0.930. The zero-order valence-electron chi connectivity index (χ0n) is 16.6. The largest absolute Gasteiger partial charge is 0.347 e. The van der Waals surface area contributed by atoms with Gasteiger partial charge in [-0.2, -0.15) is 0 Å². The molecule has 0 spiro atoms. The van der Waals surface area contributed by atoms with E-state index >= 15 is 0 Å². The molecule has 26 heavy (non-hydrogen) atoms. The average molecular weight is 363 g/mol. The minimum absolute atomic E-state index is 0.0585. The van der Waals surface area contributed by atoms with E-state index in [9.17, 15) is 9.59 Å². The van der Waals surface area contributed by atoms with Crippen molar-refractivity contribution in [2.75, 3.05) is 44.6 Å². The minimum Gasteiger partial charge on any atom is -0.347 e. The van der Waals surface area contributed by atoms with Crippen LogP contribution in [0.2, 0.25) is 0 Å². The van der Waals surface area contributed by atoms with Crippen LogP contribution in [0, 0.1) is 6.92 Å². The second-order valence-electron chi connectivity index (χ2n) is 8.37. The van der Waals surface area contributed by atoms with E-state index in [2.05, 4.69) is 10.6 Å². The second-order valence-corrected chi connectivity index (χ2v) is 8.37. The summed E-state index contributed by atoms with van der Waals surface area (Å²) in [5.41, 5.74) is 1.78. The Kier molecular flexibility index (Phi) is 7.17. The van der Waals surface area contributed by atoms with Gasteiger partial charge in [0.2, 0.25) is 0 Å². The summed E-state index contributed by atoms with van der Waals surface area (Å²) in [6.45, 7) is 12.8. The Hall–Kier alpha value is -1.92. The molecule has 1 aliphatic rings. The molecule has 0 aliphatic carbocycles. The molecule has 6 nitrogen and oxygen atoms in total. The van der Waals surface area contributed by atoms with Gasteiger partial charge >= 0.3 is 0 Å². The number of nitrogens with one attached hydrogen (secondary N) is 4. The number of quaternary nitrogens is 2. The van der Waals surface area contributed by atoms with Gasteiger partial charge in [0.15, 0.2) is 13.1 Å². The maximum absolute atomic E-state index is 12.4. The van der Waals surface area contributed by atoms with Crippen LogP contribution in [-0.2, 0) is 9.59 Å². The monoisotopic (exact) mass is 362 g/mol. The standard InChI is InChI=1S/C20H32N4O2/c1-16-8-5-6-9-17(16)21-18(25)14-23-10-7-11-24(13-12-23)15-19(26)22-20(2,3)4/h5-6,8-9H,7,10-15H2,1-4H3,(H,21,25)(H,22,26)/p+2. The lowest BCUT2D eigenvalue weighted by Crippen LogP contribution is -3.18. The van der Waals surface area contributed by atoms with E-state index in [1.807, 2.05) is 52.0 Å². The number of amides is 2. The molecule has 1 fully saturated rings. The van der Waals surface area contributed by atoms with E-state index in [-0.39, 0.29) is 17.4 Å². The quantitative estimate of drug-likeness (QED) is 0.544. The lowest BCUT2D eigenvalue weighted by atomic mass is 10.1. The van der Waals surface area contributed by atoms with Gasteiger partial charge in [-0.05, 0) is 39.3 Å². The molecule has 1 aliphatic heterocycles. The Bertz CT molecular complexity index is 624. The topological polar surface area (TPSA) is 67.1 Å². The summed E-state index contributed by atoms with van der Waals surface area (Å²) in [6.07, 6.45) is 1.03. The van der Waals surface area contributed by atoms with Crippen molar-refractivity contribution in [2.24, 2.45) is 0 Å². The highest BCUT2D eigenvalue weighted by Gasteiger charge is 2.25. The van der Waals surface area contributed by atoms with Crippen molar-refractivity contribution in [3.05, 3.63) is 29.8 Å². The van der Waals surface area contributed by atoms with Gasteiger partial charge in [0.25, 0.3) is 11.8 Å². The van der Waals surface area contributed by atoms with Crippen LogP contribution in [0.25, 0.3) is 0 Å². The zero-order valence-corrected chi connectivity index (χ0v) is 16.6. The Morgan fingerprint density at radius 3 is 2.12 bits per heavy atom. The van der Waals surface area contributed by atoms with Gasteiger partial charge in [-0.1, -0.05) is 18.2 Å². The summed E-state index contributed by atoms with van der Waals surface area (Å²) in [5.74, 6) is 0.163. The predicted molar refractivity (Wildman–Crippen MR) is 103 cm³/mol. The molecular formula is C20H34N4O2+2. The molecule has 1 aromatic carbocycles. The van der Waals surface area contributed by atoms with Crippen LogP contribution >= 0.6 is 0 Å². The van der Waals surface area contributed by atoms with E-state index in [1.165, 1.54) is 9.80 Å². The molecule has 0 radical (unpaired) electrons. The van der Waals surface area contributed by atoms with Crippen LogP contribution < -0.4 is 20.4 Å². The van der Waals surface area contributed by atoms with Gasteiger partial charge in [0, 0.05) is 17.6 Å². The van der Waals surface area contributed by atoms with Crippen LogP contribution in [0.15, 0.2) is 24.3 Å². The number of anilines is 1. The summed E-state index contributed by atoms with van der Waals surface area (Å²) in [4.78, 5) is 27.1. The van der Waals surface area contributed by atoms with Crippen molar-refractivity contribution >= 4 is 17.5 Å². The molecule has 0 bridgehead atoms. The Morgan fingerprint density at radius 2 is 1.54 bits per heavy atom. The highest BCUT2D eigenvalue weighted by atomic mass is 16.2. The average Bonchev–Trinajstić information content (AvgIpc) is 2.73. The third-order valence-corrected chi connectivity index (χ3v) is 4.65. The molecule has 2 atom stereocenters. The smallest absolute Gasteiger partial charge is 0.279 e. The summed E-state index contributed by atoms with van der Waals surface area (Å²) in [6, 6.07) is 7.84. The molecular weight excluding hydrogens is 328 g/mol. The minimum atomic E-state index is -0.187. The Balaban J connectivity index is 1.78. The van der Waals surface area contributed by atoms with Crippen LogP contribution in [0.5, 0.6) is 0 Å². The predicted octanol–water partition coefficient (Wildman–Crippen LogP) is -0.978. The molecule has 6 heteroatoms. The van der Waals surface area contributed by atoms with Crippen LogP contribution in [0.3, 0.4) is 0 Å². The Labute approximate surface area is 156 Å². The van der Waals surface area contributed by atoms with Crippen molar-refractivity contribution in [2.45, 2.75) is 39.7 Å². The van der Waals surface area contributed by atoms with Gasteiger partial charge in [-0.3, -0.25) is 9.59 Å². The molecule has 1 aromatic rings. The summed E-state index contributed by atoms with van der Waals surface area (Å²) in [5, 5.41) is 6.05. The Morgan fingerprint density at radius 1 is 0.962 bits per heavy atom. The highest BCUT2D eigenvalue weighted by molar-refractivity contribution is 5.92. The fourth-order valence-electron chi connectivity index (χ4n) is 3.37. The van der Waals surface area contributed by atoms with E-state index in [1.54, 1.807) is 0 Å². The van der Waals surface area contributed by atoms with Crippen molar-refractivity contribution in [1.82, 2.24) is 5.32 Å². The first-order valence-corrected chi connectivity index (χ1v) is 9.56. The third-order valence-electron chi connectivity index (χ3n) is 4.65. The van der Waals surface area contributed by atoms with Gasteiger partial charge in [0.1, 0.15) is 13.1 Å². The first kappa shape index (κ1) is 20.4. The highest BCUT2D eigenvalue weighted by Crippen LogP contribution is 2.12. The van der Waals surface area contributed by atoms with Crippen molar-refractivity contribution in [3.63, 3.8) is 0 Å². The van der Waals surface area contributed by atoms with Crippen LogP contribution in [0.1, 0.15) is 32.8 Å². The fourth-order valence-corrected chi connectivity index (χ4v) is 3.37. The maximum atomic E-state index is 12.4. The van der Waals surface area contributed by atoms with Crippen molar-refractivity contribution in [3.8, 4) is 0 Å². The molecule has 1 saturated heterocycles. The van der Waals surface area contributed by atoms with E-state index < -0.39 is 0 Å². The maximum Gasteiger partial charge on any atom is 0.279 e. The lowest BCUT2D eigenvalue weighted by Gasteiger charge is -2.22. The van der Waals surface area contributed by atoms with E-state index in [0.29, 0.717) is 13.1 Å². The van der Waals surface area contributed by atoms with Crippen LogP contribution in [0.4, 0.5) is 5.69 Å². The molecule has 4 N–H and O–H groups in total. The number of carbonyl (C=O) groups is 2.